The van der Waals surface area contributed by atoms with Crippen molar-refractivity contribution in [2.45, 2.75) is 10.9 Å². The molecule has 0 atom stereocenters. The van der Waals surface area contributed by atoms with Crippen molar-refractivity contribution in [1.29, 1.82) is 0 Å². The first kappa shape index (κ1) is 20.0. The highest BCUT2D eigenvalue weighted by atomic mass is 32.2. The molecule has 0 saturated heterocycles. The topological polar surface area (TPSA) is 91.8 Å². The third-order valence-electron chi connectivity index (χ3n) is 4.72. The Morgan fingerprint density at radius 3 is 2.44 bits per heavy atom. The van der Waals surface area contributed by atoms with Crippen molar-refractivity contribution in [3.05, 3.63) is 84.9 Å². The lowest BCUT2D eigenvalue weighted by Gasteiger charge is -2.10. The van der Waals surface area contributed by atoms with Gasteiger partial charge in [-0.05, 0) is 48.5 Å². The van der Waals surface area contributed by atoms with Crippen LogP contribution in [-0.2, 0) is 5.75 Å². The molecule has 3 aromatic heterocycles. The molecule has 5 rings (SSSR count). The molecular formula is C23H18N6O2S. The van der Waals surface area contributed by atoms with Crippen LogP contribution in [0.2, 0.25) is 0 Å². The summed E-state index contributed by atoms with van der Waals surface area (Å²) < 4.78 is 12.7. The van der Waals surface area contributed by atoms with Crippen molar-refractivity contribution in [2.24, 2.45) is 0 Å². The molecule has 0 spiro atoms. The Morgan fingerprint density at radius 2 is 1.69 bits per heavy atom. The van der Waals surface area contributed by atoms with Crippen LogP contribution < -0.4 is 4.74 Å². The van der Waals surface area contributed by atoms with Gasteiger partial charge < -0.3 is 9.26 Å². The third-order valence-corrected chi connectivity index (χ3v) is 5.65. The molecule has 3 heterocycles. The van der Waals surface area contributed by atoms with Crippen molar-refractivity contribution in [2.75, 3.05) is 7.11 Å². The van der Waals surface area contributed by atoms with Crippen LogP contribution in [0.5, 0.6) is 5.75 Å². The second-order valence-corrected chi connectivity index (χ2v) is 7.69. The van der Waals surface area contributed by atoms with Gasteiger partial charge in [-0.2, -0.15) is 4.98 Å². The lowest BCUT2D eigenvalue weighted by Crippen LogP contribution is -2.00. The predicted molar refractivity (Wildman–Crippen MR) is 120 cm³/mol. The Bertz CT molecular complexity index is 1300. The number of pyridine rings is 1. The van der Waals surface area contributed by atoms with E-state index >= 15 is 0 Å². The van der Waals surface area contributed by atoms with Gasteiger partial charge in [0.1, 0.15) is 5.75 Å². The molecule has 9 heteroatoms. The fraction of sp³-hybridized carbons (Fsp3) is 0.0870. The van der Waals surface area contributed by atoms with Crippen LogP contribution in [0.1, 0.15) is 5.82 Å². The molecule has 32 heavy (non-hydrogen) atoms. The SMILES string of the molecule is COc1ccc(-n2c(SCc3noc(-c4ccccc4)n3)nnc2-c2ccncc2)cc1. The summed E-state index contributed by atoms with van der Waals surface area (Å²) in [6, 6.07) is 21.3. The summed E-state index contributed by atoms with van der Waals surface area (Å²) >= 11 is 1.49. The molecule has 5 aromatic rings. The summed E-state index contributed by atoms with van der Waals surface area (Å²) in [5, 5.41) is 13.7. The quantitative estimate of drug-likeness (QED) is 0.336. The van der Waals surface area contributed by atoms with Gasteiger partial charge in [0.15, 0.2) is 16.8 Å². The minimum absolute atomic E-state index is 0.487. The van der Waals surface area contributed by atoms with E-state index in [1.54, 1.807) is 19.5 Å². The Kier molecular flexibility index (Phi) is 5.63. The van der Waals surface area contributed by atoms with Gasteiger partial charge in [0.05, 0.1) is 12.9 Å². The van der Waals surface area contributed by atoms with Gasteiger partial charge >= 0.3 is 0 Å². The molecule has 0 unspecified atom stereocenters. The highest BCUT2D eigenvalue weighted by Gasteiger charge is 2.18. The highest BCUT2D eigenvalue weighted by molar-refractivity contribution is 7.98. The van der Waals surface area contributed by atoms with Gasteiger partial charge in [-0.15, -0.1) is 10.2 Å². The number of benzene rings is 2. The molecule has 0 saturated carbocycles. The molecule has 2 aromatic carbocycles. The van der Waals surface area contributed by atoms with Gasteiger partial charge in [-0.25, -0.2) is 0 Å². The Balaban J connectivity index is 1.45. The van der Waals surface area contributed by atoms with Gasteiger partial charge in [0.25, 0.3) is 5.89 Å². The number of hydrogen-bond acceptors (Lipinski definition) is 8. The molecule has 0 bridgehead atoms. The standard InChI is InChI=1S/C23H18N6O2S/c1-30-19-9-7-18(8-10-19)29-21(16-11-13-24-14-12-16)26-27-23(29)32-15-20-25-22(31-28-20)17-5-3-2-4-6-17/h2-14H,15H2,1H3. The molecule has 0 aliphatic heterocycles. The molecule has 0 amide bonds. The van der Waals surface area contributed by atoms with Crippen LogP contribution in [0, 0.1) is 0 Å². The maximum Gasteiger partial charge on any atom is 0.257 e. The van der Waals surface area contributed by atoms with E-state index in [0.717, 1.165) is 28.4 Å². The van der Waals surface area contributed by atoms with Crippen LogP contribution in [0.3, 0.4) is 0 Å². The van der Waals surface area contributed by atoms with E-state index in [9.17, 15) is 0 Å². The largest absolute Gasteiger partial charge is 0.497 e. The van der Waals surface area contributed by atoms with E-state index in [-0.39, 0.29) is 0 Å². The van der Waals surface area contributed by atoms with E-state index in [1.165, 1.54) is 11.8 Å². The lowest BCUT2D eigenvalue weighted by atomic mass is 10.2. The maximum absolute atomic E-state index is 5.42. The number of nitrogens with zero attached hydrogens (tertiary/aromatic N) is 6. The molecule has 158 valence electrons. The zero-order chi connectivity index (χ0) is 21.8. The van der Waals surface area contributed by atoms with Crippen molar-refractivity contribution in [3.63, 3.8) is 0 Å². The van der Waals surface area contributed by atoms with Crippen molar-refractivity contribution in [1.82, 2.24) is 29.9 Å². The summed E-state index contributed by atoms with van der Waals surface area (Å²) in [7, 11) is 1.64. The fourth-order valence-electron chi connectivity index (χ4n) is 3.16. The van der Waals surface area contributed by atoms with Crippen molar-refractivity contribution < 1.29 is 9.26 Å². The Hall–Kier alpha value is -3.98. The number of methoxy groups -OCH3 is 1. The first-order valence-corrected chi connectivity index (χ1v) is 10.8. The minimum atomic E-state index is 0.487. The number of rotatable bonds is 7. The third kappa shape index (κ3) is 4.10. The smallest absolute Gasteiger partial charge is 0.257 e. The van der Waals surface area contributed by atoms with Gasteiger partial charge in [0.2, 0.25) is 0 Å². The van der Waals surface area contributed by atoms with Crippen molar-refractivity contribution in [3.8, 4) is 34.3 Å². The monoisotopic (exact) mass is 442 g/mol. The van der Waals surface area contributed by atoms with Crippen LogP contribution in [0.4, 0.5) is 0 Å². The lowest BCUT2D eigenvalue weighted by molar-refractivity contribution is 0.414. The zero-order valence-electron chi connectivity index (χ0n) is 17.1. The van der Waals surface area contributed by atoms with Gasteiger partial charge in [0, 0.05) is 29.2 Å². The first-order valence-electron chi connectivity index (χ1n) is 9.83. The Labute approximate surface area is 188 Å². The molecule has 8 nitrogen and oxygen atoms in total. The average Bonchev–Trinajstić information content (AvgIpc) is 3.51. The molecule has 0 radical (unpaired) electrons. The Morgan fingerprint density at radius 1 is 0.906 bits per heavy atom. The molecule has 0 aliphatic rings. The molecule has 0 aliphatic carbocycles. The first-order chi connectivity index (χ1) is 15.8. The normalized spacial score (nSPS) is 10.9. The summed E-state index contributed by atoms with van der Waals surface area (Å²) in [5.74, 6) is 3.07. The summed E-state index contributed by atoms with van der Waals surface area (Å²) in [6.45, 7) is 0. The van der Waals surface area contributed by atoms with E-state index in [0.29, 0.717) is 22.6 Å². The second kappa shape index (κ2) is 9.03. The van der Waals surface area contributed by atoms with Crippen LogP contribution >= 0.6 is 11.8 Å². The van der Waals surface area contributed by atoms with Crippen LogP contribution in [-0.4, -0.2) is 37.0 Å². The average molecular weight is 443 g/mol. The number of thioether (sulfide) groups is 1. The second-order valence-electron chi connectivity index (χ2n) is 6.75. The van der Waals surface area contributed by atoms with Gasteiger partial charge in [-0.1, -0.05) is 35.1 Å². The minimum Gasteiger partial charge on any atom is -0.497 e. The van der Waals surface area contributed by atoms with E-state index in [2.05, 4.69) is 25.3 Å². The summed E-state index contributed by atoms with van der Waals surface area (Å²) in [4.78, 5) is 8.60. The zero-order valence-corrected chi connectivity index (χ0v) is 17.9. The highest BCUT2D eigenvalue weighted by Crippen LogP contribution is 2.30. The molecule has 0 fully saturated rings. The number of hydrogen-bond donors (Lipinski definition) is 0. The van der Waals surface area contributed by atoms with E-state index in [1.807, 2.05) is 71.3 Å². The van der Waals surface area contributed by atoms with Gasteiger partial charge in [-0.3, -0.25) is 9.55 Å². The van der Waals surface area contributed by atoms with E-state index in [4.69, 9.17) is 9.26 Å². The van der Waals surface area contributed by atoms with E-state index < -0.39 is 0 Å². The fourth-order valence-corrected chi connectivity index (χ4v) is 3.95. The number of ether oxygens (including phenoxy) is 1. The summed E-state index contributed by atoms with van der Waals surface area (Å²) in [5.41, 5.74) is 2.72. The summed E-state index contributed by atoms with van der Waals surface area (Å²) in [6.07, 6.45) is 3.47. The van der Waals surface area contributed by atoms with Crippen LogP contribution in [0.15, 0.2) is 88.8 Å². The predicted octanol–water partition coefficient (Wildman–Crippen LogP) is 4.68. The maximum atomic E-state index is 5.42. The molecular weight excluding hydrogens is 424 g/mol. The number of aromatic nitrogens is 6. The van der Waals surface area contributed by atoms with Crippen LogP contribution in [0.25, 0.3) is 28.5 Å². The molecule has 0 N–H and O–H groups in total. The van der Waals surface area contributed by atoms with Crippen molar-refractivity contribution >= 4 is 11.8 Å².